The number of thiazole rings is 1. The Morgan fingerprint density at radius 1 is 0.969 bits per heavy atom. The van der Waals surface area contributed by atoms with Gasteiger partial charge < -0.3 is 9.30 Å². The number of ether oxygens (including phenoxy) is 1. The van der Waals surface area contributed by atoms with Gasteiger partial charge in [0.1, 0.15) is 6.54 Å². The summed E-state index contributed by atoms with van der Waals surface area (Å²) in [6, 6.07) is 23.4. The molecule has 4 aromatic rings. The van der Waals surface area contributed by atoms with Gasteiger partial charge >= 0.3 is 5.97 Å². The van der Waals surface area contributed by atoms with Crippen molar-refractivity contribution < 1.29 is 14.3 Å². The predicted octanol–water partition coefficient (Wildman–Crippen LogP) is 4.75. The zero-order valence-electron chi connectivity index (χ0n) is 18.2. The maximum Gasteiger partial charge on any atom is 0.325 e. The van der Waals surface area contributed by atoms with Crippen molar-refractivity contribution in [3.05, 3.63) is 99.9 Å². The monoisotopic (exact) mass is 444 g/mol. The van der Waals surface area contributed by atoms with Crippen LogP contribution in [0.15, 0.2) is 77.8 Å². The Kier molecular flexibility index (Phi) is 6.32. The molecule has 0 fully saturated rings. The number of aryl methyl sites for hydroxylation is 2. The van der Waals surface area contributed by atoms with Crippen LogP contribution in [0.3, 0.4) is 0 Å². The number of amides is 1. The Morgan fingerprint density at radius 2 is 1.56 bits per heavy atom. The number of esters is 1. The van der Waals surface area contributed by atoms with Gasteiger partial charge in [0.05, 0.1) is 23.2 Å². The van der Waals surface area contributed by atoms with Gasteiger partial charge in [-0.3, -0.25) is 9.59 Å². The summed E-state index contributed by atoms with van der Waals surface area (Å²) in [4.78, 5) is 30.7. The molecule has 6 heteroatoms. The maximum absolute atomic E-state index is 13.6. The Bertz CT molecular complexity index is 1300. The van der Waals surface area contributed by atoms with Gasteiger partial charge in [0.15, 0.2) is 4.80 Å². The lowest BCUT2D eigenvalue weighted by Gasteiger charge is -2.14. The summed E-state index contributed by atoms with van der Waals surface area (Å²) in [7, 11) is 1.36. The van der Waals surface area contributed by atoms with E-state index in [4.69, 9.17) is 4.74 Å². The molecule has 0 saturated heterocycles. The number of methoxy groups -OCH3 is 1. The van der Waals surface area contributed by atoms with E-state index in [1.54, 1.807) is 4.57 Å². The van der Waals surface area contributed by atoms with Crippen molar-refractivity contribution >= 4 is 33.4 Å². The molecular weight excluding hydrogens is 420 g/mol. The average Bonchev–Trinajstić information content (AvgIpc) is 3.11. The van der Waals surface area contributed by atoms with Crippen LogP contribution < -0.4 is 4.80 Å². The third kappa shape index (κ3) is 4.41. The smallest absolute Gasteiger partial charge is 0.325 e. The minimum Gasteiger partial charge on any atom is -0.468 e. The Labute approximate surface area is 190 Å². The second kappa shape index (κ2) is 9.32. The first-order valence-corrected chi connectivity index (χ1v) is 11.2. The molecule has 0 aliphatic heterocycles. The number of benzene rings is 3. The lowest BCUT2D eigenvalue weighted by molar-refractivity contribution is -0.141. The van der Waals surface area contributed by atoms with Gasteiger partial charge in [-0.15, -0.1) is 0 Å². The SMILES string of the molecule is COC(=O)Cn1c(=NC(=O)C(c2ccccc2)c2ccccc2)sc2cc(C)cc(C)c21. The number of carbonyl (C=O) groups is 2. The predicted molar refractivity (Wildman–Crippen MR) is 127 cm³/mol. The zero-order chi connectivity index (χ0) is 22.7. The van der Waals surface area contributed by atoms with Crippen LogP contribution >= 0.6 is 11.3 Å². The van der Waals surface area contributed by atoms with Crippen LogP contribution in [0.1, 0.15) is 28.2 Å². The van der Waals surface area contributed by atoms with E-state index in [1.807, 2.05) is 74.5 Å². The number of carbonyl (C=O) groups excluding carboxylic acids is 2. The second-order valence-corrected chi connectivity index (χ2v) is 8.69. The summed E-state index contributed by atoms with van der Waals surface area (Å²) in [6.45, 7) is 4.02. The number of fused-ring (bicyclic) bond motifs is 1. The van der Waals surface area contributed by atoms with Crippen molar-refractivity contribution in [3.63, 3.8) is 0 Å². The Hall–Kier alpha value is -3.51. The van der Waals surface area contributed by atoms with E-state index < -0.39 is 5.92 Å². The van der Waals surface area contributed by atoms with Gasteiger partial charge in [-0.1, -0.05) is 78.1 Å². The second-order valence-electron chi connectivity index (χ2n) is 7.68. The first-order chi connectivity index (χ1) is 15.5. The molecule has 0 atom stereocenters. The van der Waals surface area contributed by atoms with Crippen molar-refractivity contribution in [2.24, 2.45) is 4.99 Å². The fourth-order valence-electron chi connectivity index (χ4n) is 3.94. The topological polar surface area (TPSA) is 60.7 Å². The average molecular weight is 445 g/mol. The third-order valence-electron chi connectivity index (χ3n) is 5.35. The molecule has 0 saturated carbocycles. The quantitative estimate of drug-likeness (QED) is 0.417. The molecule has 4 rings (SSSR count). The molecule has 0 aliphatic carbocycles. The molecular formula is C26H24N2O3S. The summed E-state index contributed by atoms with van der Waals surface area (Å²) < 4.78 is 7.66. The summed E-state index contributed by atoms with van der Waals surface area (Å²) in [6.07, 6.45) is 0. The van der Waals surface area contributed by atoms with Crippen molar-refractivity contribution in [2.45, 2.75) is 26.3 Å². The van der Waals surface area contributed by atoms with E-state index in [1.165, 1.54) is 18.4 Å². The van der Waals surface area contributed by atoms with Crippen LogP contribution in [0.25, 0.3) is 10.2 Å². The molecule has 5 nitrogen and oxygen atoms in total. The highest BCUT2D eigenvalue weighted by Gasteiger charge is 2.23. The summed E-state index contributed by atoms with van der Waals surface area (Å²) in [5.74, 6) is -1.19. The largest absolute Gasteiger partial charge is 0.468 e. The lowest BCUT2D eigenvalue weighted by atomic mass is 9.91. The highest BCUT2D eigenvalue weighted by Crippen LogP contribution is 2.27. The molecule has 1 amide bonds. The van der Waals surface area contributed by atoms with E-state index in [0.717, 1.165) is 32.5 Å². The molecule has 0 bridgehead atoms. The number of hydrogen-bond acceptors (Lipinski definition) is 4. The van der Waals surface area contributed by atoms with Gasteiger partial charge in [0.25, 0.3) is 5.91 Å². The molecule has 0 spiro atoms. The summed E-state index contributed by atoms with van der Waals surface area (Å²) in [5.41, 5.74) is 4.79. The van der Waals surface area contributed by atoms with E-state index >= 15 is 0 Å². The number of hydrogen-bond donors (Lipinski definition) is 0. The van der Waals surface area contributed by atoms with Gasteiger partial charge in [0, 0.05) is 0 Å². The van der Waals surface area contributed by atoms with Crippen molar-refractivity contribution in [1.82, 2.24) is 4.57 Å². The van der Waals surface area contributed by atoms with Gasteiger partial charge in [0.2, 0.25) is 0 Å². The van der Waals surface area contributed by atoms with Crippen LogP contribution in [0.2, 0.25) is 0 Å². The lowest BCUT2D eigenvalue weighted by Crippen LogP contribution is -2.24. The molecule has 1 heterocycles. The molecule has 162 valence electrons. The van der Waals surface area contributed by atoms with Crippen molar-refractivity contribution in [2.75, 3.05) is 7.11 Å². The van der Waals surface area contributed by atoms with E-state index in [9.17, 15) is 9.59 Å². The standard InChI is InChI=1S/C26H24N2O3S/c1-17-14-18(2)24-21(15-17)32-26(28(24)16-22(29)31-3)27-25(30)23(19-10-6-4-7-11-19)20-12-8-5-9-13-20/h4-15,23H,16H2,1-3H3. The van der Waals surface area contributed by atoms with Crippen LogP contribution in [-0.4, -0.2) is 23.6 Å². The number of aromatic nitrogens is 1. The third-order valence-corrected chi connectivity index (χ3v) is 6.37. The molecule has 0 aliphatic rings. The molecule has 3 aromatic carbocycles. The Morgan fingerprint density at radius 3 is 2.12 bits per heavy atom. The highest BCUT2D eigenvalue weighted by molar-refractivity contribution is 7.16. The van der Waals surface area contributed by atoms with E-state index in [2.05, 4.69) is 17.1 Å². The van der Waals surface area contributed by atoms with Crippen LogP contribution in [0.5, 0.6) is 0 Å². The van der Waals surface area contributed by atoms with Gasteiger partial charge in [-0.2, -0.15) is 4.99 Å². The maximum atomic E-state index is 13.6. The normalized spacial score (nSPS) is 11.8. The highest BCUT2D eigenvalue weighted by atomic mass is 32.1. The van der Waals surface area contributed by atoms with Crippen LogP contribution in [0, 0.1) is 13.8 Å². The van der Waals surface area contributed by atoms with Gasteiger partial charge in [-0.25, -0.2) is 0 Å². The van der Waals surface area contributed by atoms with Gasteiger partial charge in [-0.05, 0) is 42.2 Å². The molecule has 0 unspecified atom stereocenters. The molecule has 1 aromatic heterocycles. The first-order valence-electron chi connectivity index (χ1n) is 10.3. The minimum absolute atomic E-state index is 0.00610. The fraction of sp³-hybridized carbons (Fsp3) is 0.192. The van der Waals surface area contributed by atoms with Crippen LogP contribution in [0.4, 0.5) is 0 Å². The molecule has 0 N–H and O–H groups in total. The Balaban J connectivity index is 1.90. The zero-order valence-corrected chi connectivity index (χ0v) is 19.1. The first kappa shape index (κ1) is 21.7. The number of nitrogens with zero attached hydrogens (tertiary/aromatic N) is 2. The van der Waals surface area contributed by atoms with Crippen LogP contribution in [-0.2, 0) is 20.9 Å². The van der Waals surface area contributed by atoms with Crippen molar-refractivity contribution in [3.8, 4) is 0 Å². The number of rotatable bonds is 5. The van der Waals surface area contributed by atoms with E-state index in [0.29, 0.717) is 4.80 Å². The summed E-state index contributed by atoms with van der Waals surface area (Å²) in [5, 5.41) is 0. The van der Waals surface area contributed by atoms with Crippen molar-refractivity contribution in [1.29, 1.82) is 0 Å². The minimum atomic E-state index is -0.531. The summed E-state index contributed by atoms with van der Waals surface area (Å²) >= 11 is 1.41. The molecule has 32 heavy (non-hydrogen) atoms. The van der Waals surface area contributed by atoms with E-state index in [-0.39, 0.29) is 18.4 Å². The fourth-order valence-corrected chi connectivity index (χ4v) is 5.16. The molecule has 0 radical (unpaired) electrons.